The highest BCUT2D eigenvalue weighted by atomic mass is 32.2. The van der Waals surface area contributed by atoms with E-state index in [1.54, 1.807) is 36.4 Å². The summed E-state index contributed by atoms with van der Waals surface area (Å²) in [6.45, 7) is 1.93. The van der Waals surface area contributed by atoms with Crippen molar-refractivity contribution in [1.82, 2.24) is 9.55 Å². The van der Waals surface area contributed by atoms with E-state index in [1.807, 2.05) is 19.1 Å². The van der Waals surface area contributed by atoms with Gasteiger partial charge in [-0.1, -0.05) is 53.7 Å². The van der Waals surface area contributed by atoms with Crippen molar-refractivity contribution in [3.63, 3.8) is 0 Å². The molecule has 4 aromatic rings. The molecule has 0 spiro atoms. The average molecular weight is 422 g/mol. The minimum atomic E-state index is -0.888. The number of hydrogen-bond donors (Lipinski definition) is 0. The van der Waals surface area contributed by atoms with Crippen LogP contribution in [0.3, 0.4) is 0 Å². The molecule has 4 nitrogen and oxygen atoms in total. The van der Waals surface area contributed by atoms with Crippen molar-refractivity contribution in [2.24, 2.45) is 0 Å². The van der Waals surface area contributed by atoms with Gasteiger partial charge in [0.05, 0.1) is 22.3 Å². The number of thioether (sulfide) groups is 1. The van der Waals surface area contributed by atoms with Crippen molar-refractivity contribution in [1.29, 1.82) is 0 Å². The van der Waals surface area contributed by atoms with Gasteiger partial charge in [0.25, 0.3) is 5.56 Å². The van der Waals surface area contributed by atoms with Gasteiger partial charge in [-0.15, -0.1) is 0 Å². The average Bonchev–Trinajstić information content (AvgIpc) is 2.73. The van der Waals surface area contributed by atoms with E-state index in [2.05, 4.69) is 4.98 Å². The van der Waals surface area contributed by atoms with Gasteiger partial charge in [0.2, 0.25) is 0 Å². The maximum absolute atomic E-state index is 14.5. The molecule has 0 saturated heterocycles. The van der Waals surface area contributed by atoms with Crippen LogP contribution in [0.1, 0.15) is 15.9 Å². The lowest BCUT2D eigenvalue weighted by Gasteiger charge is -2.14. The highest BCUT2D eigenvalue weighted by molar-refractivity contribution is 7.99. The summed E-state index contributed by atoms with van der Waals surface area (Å²) in [6, 6.07) is 16.8. The lowest BCUT2D eigenvalue weighted by molar-refractivity contribution is 0.102. The van der Waals surface area contributed by atoms with Crippen LogP contribution < -0.4 is 5.56 Å². The van der Waals surface area contributed by atoms with Crippen molar-refractivity contribution in [2.75, 3.05) is 5.75 Å². The number of carbonyl (C=O) groups excluding carboxylic acids is 1. The number of hydrogen-bond acceptors (Lipinski definition) is 4. The predicted molar refractivity (Wildman–Crippen MR) is 113 cm³/mol. The van der Waals surface area contributed by atoms with E-state index < -0.39 is 17.2 Å². The van der Waals surface area contributed by atoms with E-state index in [0.29, 0.717) is 22.5 Å². The number of halogens is 2. The molecule has 0 amide bonds. The fraction of sp³-hybridized carbons (Fsp3) is 0.0870. The topological polar surface area (TPSA) is 52.0 Å². The van der Waals surface area contributed by atoms with Gasteiger partial charge in [-0.3, -0.25) is 14.2 Å². The number of aromatic nitrogens is 2. The van der Waals surface area contributed by atoms with Crippen molar-refractivity contribution >= 4 is 28.4 Å². The number of Topliss-reactive ketones (excluding diaryl/α,β-unsaturated/α-hetero) is 1. The summed E-state index contributed by atoms with van der Waals surface area (Å²) in [5, 5.41) is 0.458. The summed E-state index contributed by atoms with van der Waals surface area (Å²) >= 11 is 1.03. The minimum Gasteiger partial charge on any atom is -0.293 e. The summed E-state index contributed by atoms with van der Waals surface area (Å²) in [4.78, 5) is 30.1. The molecule has 0 saturated carbocycles. The zero-order valence-electron chi connectivity index (χ0n) is 15.9. The second kappa shape index (κ2) is 8.20. The fourth-order valence-electron chi connectivity index (χ4n) is 3.04. The van der Waals surface area contributed by atoms with Crippen LogP contribution in [0.2, 0.25) is 0 Å². The first-order valence-corrected chi connectivity index (χ1v) is 10.1. The molecule has 0 unspecified atom stereocenters. The van der Waals surface area contributed by atoms with Gasteiger partial charge < -0.3 is 0 Å². The Hall–Kier alpha value is -3.32. The quantitative estimate of drug-likeness (QED) is 0.260. The summed E-state index contributed by atoms with van der Waals surface area (Å²) in [7, 11) is 0. The second-order valence-corrected chi connectivity index (χ2v) is 7.67. The number of ketones is 1. The standard InChI is InChI=1S/C23H16F2N2O2S/c1-14-6-8-15(9-7-14)21(28)13-30-23-26-19-5-3-2-4-17(19)22(29)27(23)20-11-10-16(24)12-18(20)25/h2-12H,13H2,1H3. The Morgan fingerprint density at radius 2 is 1.77 bits per heavy atom. The lowest BCUT2D eigenvalue weighted by Crippen LogP contribution is -2.23. The number of carbonyl (C=O) groups is 1. The zero-order valence-corrected chi connectivity index (χ0v) is 16.7. The molecule has 0 atom stereocenters. The van der Waals surface area contributed by atoms with Crippen LogP contribution in [0.4, 0.5) is 8.78 Å². The molecule has 0 aliphatic carbocycles. The molecule has 0 fully saturated rings. The van der Waals surface area contributed by atoms with E-state index in [4.69, 9.17) is 0 Å². The maximum Gasteiger partial charge on any atom is 0.266 e. The molecule has 0 bridgehead atoms. The smallest absolute Gasteiger partial charge is 0.266 e. The number of para-hydroxylation sites is 1. The molecule has 3 aromatic carbocycles. The SMILES string of the molecule is Cc1ccc(C(=O)CSc2nc3ccccc3c(=O)n2-c2ccc(F)cc2F)cc1. The van der Waals surface area contributed by atoms with E-state index in [-0.39, 0.29) is 22.4 Å². The Kier molecular flexibility index (Phi) is 5.46. The molecule has 30 heavy (non-hydrogen) atoms. The summed E-state index contributed by atoms with van der Waals surface area (Å²) in [5.74, 6) is -1.77. The Bertz CT molecular complexity index is 1320. The molecular weight excluding hydrogens is 406 g/mol. The van der Waals surface area contributed by atoms with E-state index in [9.17, 15) is 18.4 Å². The molecular formula is C23H16F2N2O2S. The number of aryl methyl sites for hydroxylation is 1. The molecule has 0 N–H and O–H groups in total. The Labute approximate surface area is 175 Å². The molecule has 1 aromatic heterocycles. The Morgan fingerprint density at radius 3 is 2.50 bits per heavy atom. The zero-order chi connectivity index (χ0) is 21.3. The third-order valence-electron chi connectivity index (χ3n) is 4.60. The minimum absolute atomic E-state index is 0.0106. The maximum atomic E-state index is 14.5. The first-order valence-electron chi connectivity index (χ1n) is 9.14. The van der Waals surface area contributed by atoms with E-state index in [0.717, 1.165) is 28.0 Å². The van der Waals surface area contributed by atoms with Crippen molar-refractivity contribution < 1.29 is 13.6 Å². The highest BCUT2D eigenvalue weighted by Crippen LogP contribution is 2.24. The third-order valence-corrected chi connectivity index (χ3v) is 5.54. The first kappa shape index (κ1) is 20.0. The van der Waals surface area contributed by atoms with Gasteiger partial charge in [-0.25, -0.2) is 13.8 Å². The fourth-order valence-corrected chi connectivity index (χ4v) is 3.94. The lowest BCUT2D eigenvalue weighted by atomic mass is 10.1. The van der Waals surface area contributed by atoms with E-state index >= 15 is 0 Å². The van der Waals surface area contributed by atoms with Crippen LogP contribution in [-0.2, 0) is 0 Å². The molecule has 150 valence electrons. The van der Waals surface area contributed by atoms with Crippen molar-refractivity contribution in [2.45, 2.75) is 12.1 Å². The summed E-state index contributed by atoms with van der Waals surface area (Å²) in [6.07, 6.45) is 0. The molecule has 7 heteroatoms. The van der Waals surface area contributed by atoms with Gasteiger partial charge in [-0.2, -0.15) is 0 Å². The van der Waals surface area contributed by atoms with Crippen molar-refractivity contribution in [3.05, 3.63) is 99.8 Å². The predicted octanol–water partition coefficient (Wildman–Crippen LogP) is 4.95. The normalized spacial score (nSPS) is 11.0. The van der Waals surface area contributed by atoms with Gasteiger partial charge >= 0.3 is 0 Å². The van der Waals surface area contributed by atoms with Crippen LogP contribution in [0.25, 0.3) is 16.6 Å². The number of nitrogens with zero attached hydrogens (tertiary/aromatic N) is 2. The van der Waals surface area contributed by atoms with Crippen LogP contribution in [0, 0.1) is 18.6 Å². The highest BCUT2D eigenvalue weighted by Gasteiger charge is 2.18. The summed E-state index contributed by atoms with van der Waals surface area (Å²) < 4.78 is 29.0. The van der Waals surface area contributed by atoms with Crippen molar-refractivity contribution in [3.8, 4) is 5.69 Å². The van der Waals surface area contributed by atoms with Crippen LogP contribution in [-0.4, -0.2) is 21.1 Å². The molecule has 0 radical (unpaired) electrons. The first-order chi connectivity index (χ1) is 14.4. The summed E-state index contributed by atoms with van der Waals surface area (Å²) in [5.41, 5.74) is 1.40. The molecule has 0 aliphatic heterocycles. The largest absolute Gasteiger partial charge is 0.293 e. The molecule has 0 aliphatic rings. The van der Waals surface area contributed by atoms with Crippen LogP contribution >= 0.6 is 11.8 Å². The van der Waals surface area contributed by atoms with Gasteiger partial charge in [0, 0.05) is 11.6 Å². The van der Waals surface area contributed by atoms with E-state index in [1.165, 1.54) is 6.07 Å². The third kappa shape index (κ3) is 3.89. The molecule has 4 rings (SSSR count). The van der Waals surface area contributed by atoms with Gasteiger partial charge in [0.15, 0.2) is 10.9 Å². The number of benzene rings is 3. The molecule has 1 heterocycles. The number of rotatable bonds is 5. The van der Waals surface area contributed by atoms with Crippen LogP contribution in [0.15, 0.2) is 76.7 Å². The van der Waals surface area contributed by atoms with Crippen LogP contribution in [0.5, 0.6) is 0 Å². The Morgan fingerprint density at radius 1 is 1.03 bits per heavy atom. The van der Waals surface area contributed by atoms with Gasteiger partial charge in [-0.05, 0) is 31.2 Å². The Balaban J connectivity index is 1.78. The second-order valence-electron chi connectivity index (χ2n) is 6.73. The number of fused-ring (bicyclic) bond motifs is 1. The monoisotopic (exact) mass is 422 g/mol. The van der Waals surface area contributed by atoms with Gasteiger partial charge in [0.1, 0.15) is 11.6 Å².